The van der Waals surface area contributed by atoms with Gasteiger partial charge in [-0.2, -0.15) is 0 Å². The molecule has 1 aromatic rings. The van der Waals surface area contributed by atoms with Crippen molar-refractivity contribution >= 4 is 21.7 Å². The highest BCUT2D eigenvalue weighted by Crippen LogP contribution is 2.22. The second-order valence-corrected chi connectivity index (χ2v) is 5.95. The number of nitrogens with one attached hydrogen (secondary N) is 2. The van der Waals surface area contributed by atoms with Crippen molar-refractivity contribution in [1.82, 2.24) is 4.72 Å². The summed E-state index contributed by atoms with van der Waals surface area (Å²) in [6.45, 7) is 3.13. The summed E-state index contributed by atoms with van der Waals surface area (Å²) in [6.07, 6.45) is 0.542. The van der Waals surface area contributed by atoms with Gasteiger partial charge in [0.1, 0.15) is 4.90 Å². The summed E-state index contributed by atoms with van der Waals surface area (Å²) >= 11 is 0. The summed E-state index contributed by atoms with van der Waals surface area (Å²) < 4.78 is 32.0. The Bertz CT molecular complexity index is 586. The minimum atomic E-state index is -3.78. The van der Waals surface area contributed by atoms with E-state index in [0.29, 0.717) is 25.3 Å². The molecule has 0 amide bonds. The van der Waals surface area contributed by atoms with Crippen molar-refractivity contribution in [2.45, 2.75) is 18.2 Å². The number of sulfonamides is 1. The van der Waals surface area contributed by atoms with Crippen LogP contribution in [0.15, 0.2) is 23.1 Å². The third-order valence-electron chi connectivity index (χ3n) is 2.75. The van der Waals surface area contributed by atoms with Gasteiger partial charge in [-0.3, -0.25) is 0 Å². The molecule has 118 valence electrons. The molecule has 0 fully saturated rings. The van der Waals surface area contributed by atoms with Crippen LogP contribution in [0, 0.1) is 0 Å². The van der Waals surface area contributed by atoms with Crippen LogP contribution in [0.2, 0.25) is 0 Å². The van der Waals surface area contributed by atoms with Gasteiger partial charge in [-0.25, -0.2) is 17.9 Å². The van der Waals surface area contributed by atoms with Gasteiger partial charge in [0.25, 0.3) is 0 Å². The Kier molecular flexibility index (Phi) is 6.60. The molecule has 21 heavy (non-hydrogen) atoms. The Morgan fingerprint density at radius 3 is 2.67 bits per heavy atom. The summed E-state index contributed by atoms with van der Waals surface area (Å²) in [5.41, 5.74) is 0.265. The van der Waals surface area contributed by atoms with Crippen molar-refractivity contribution in [2.75, 3.05) is 32.1 Å². The SMILES string of the molecule is CCOCCCNS(=O)(=O)c1cc(C(=O)O)ccc1NC. The highest BCUT2D eigenvalue weighted by atomic mass is 32.2. The van der Waals surface area contributed by atoms with Crippen LogP contribution < -0.4 is 10.0 Å². The molecule has 0 heterocycles. The second-order valence-electron chi connectivity index (χ2n) is 4.21. The predicted octanol–water partition coefficient (Wildman–Crippen LogP) is 1.13. The third-order valence-corrected chi connectivity index (χ3v) is 4.25. The van der Waals surface area contributed by atoms with Crippen LogP contribution >= 0.6 is 0 Å². The number of carboxylic acids is 1. The topological polar surface area (TPSA) is 105 Å². The fourth-order valence-electron chi connectivity index (χ4n) is 1.69. The van der Waals surface area contributed by atoms with E-state index in [4.69, 9.17) is 9.84 Å². The van der Waals surface area contributed by atoms with Gasteiger partial charge in [-0.05, 0) is 31.5 Å². The molecule has 0 aliphatic rings. The van der Waals surface area contributed by atoms with Gasteiger partial charge in [0, 0.05) is 26.8 Å². The molecule has 0 aliphatic carbocycles. The highest BCUT2D eigenvalue weighted by molar-refractivity contribution is 7.89. The molecule has 0 atom stereocenters. The first-order chi connectivity index (χ1) is 9.92. The average molecular weight is 316 g/mol. The molecule has 0 aliphatic heterocycles. The van der Waals surface area contributed by atoms with E-state index >= 15 is 0 Å². The number of hydrogen-bond acceptors (Lipinski definition) is 5. The van der Waals surface area contributed by atoms with E-state index in [1.54, 1.807) is 7.05 Å². The van der Waals surface area contributed by atoms with E-state index in [-0.39, 0.29) is 17.0 Å². The monoisotopic (exact) mass is 316 g/mol. The third kappa shape index (κ3) is 5.00. The lowest BCUT2D eigenvalue weighted by Gasteiger charge is -2.12. The molecule has 7 nitrogen and oxygen atoms in total. The molecular formula is C13H20N2O5S. The number of benzene rings is 1. The van der Waals surface area contributed by atoms with Gasteiger partial charge in [0.2, 0.25) is 10.0 Å². The van der Waals surface area contributed by atoms with Gasteiger partial charge >= 0.3 is 5.97 Å². The van der Waals surface area contributed by atoms with Gasteiger partial charge in [-0.15, -0.1) is 0 Å². The zero-order valence-electron chi connectivity index (χ0n) is 12.0. The summed E-state index contributed by atoms with van der Waals surface area (Å²) in [6, 6.07) is 3.92. The Labute approximate surface area is 124 Å². The van der Waals surface area contributed by atoms with E-state index in [9.17, 15) is 13.2 Å². The molecule has 0 saturated heterocycles. The summed E-state index contributed by atoms with van der Waals surface area (Å²) in [7, 11) is -2.20. The standard InChI is InChI=1S/C13H20N2O5S/c1-3-20-8-4-7-15-21(18,19)12-9-10(13(16)17)5-6-11(12)14-2/h5-6,9,14-15H,3-4,7-8H2,1-2H3,(H,16,17). The van der Waals surface area contributed by atoms with Gasteiger partial charge in [-0.1, -0.05) is 0 Å². The first-order valence-electron chi connectivity index (χ1n) is 6.55. The van der Waals surface area contributed by atoms with Crippen LogP contribution in [0.25, 0.3) is 0 Å². The lowest BCUT2D eigenvalue weighted by Crippen LogP contribution is -2.26. The van der Waals surface area contributed by atoms with Crippen LogP contribution in [-0.2, 0) is 14.8 Å². The smallest absolute Gasteiger partial charge is 0.335 e. The fraction of sp³-hybridized carbons (Fsp3) is 0.462. The molecule has 0 unspecified atom stereocenters. The first-order valence-corrected chi connectivity index (χ1v) is 8.03. The molecule has 0 saturated carbocycles. The van der Waals surface area contributed by atoms with Crippen molar-refractivity contribution in [3.63, 3.8) is 0 Å². The Hall–Kier alpha value is -1.64. The van der Waals surface area contributed by atoms with Crippen molar-refractivity contribution < 1.29 is 23.1 Å². The fourth-order valence-corrected chi connectivity index (χ4v) is 3.00. The van der Waals surface area contributed by atoms with Crippen LogP contribution in [0.5, 0.6) is 0 Å². The zero-order chi connectivity index (χ0) is 15.9. The Morgan fingerprint density at radius 1 is 1.38 bits per heavy atom. The van der Waals surface area contributed by atoms with Crippen LogP contribution in [0.3, 0.4) is 0 Å². The quantitative estimate of drug-likeness (QED) is 0.590. The summed E-state index contributed by atoms with van der Waals surface area (Å²) in [4.78, 5) is 10.9. The molecule has 0 bridgehead atoms. The maximum absolute atomic E-state index is 12.2. The minimum absolute atomic E-state index is 0.0799. The number of aromatic carboxylic acids is 1. The zero-order valence-corrected chi connectivity index (χ0v) is 12.9. The average Bonchev–Trinajstić information content (AvgIpc) is 2.46. The van der Waals surface area contributed by atoms with Crippen molar-refractivity contribution in [1.29, 1.82) is 0 Å². The molecule has 8 heteroatoms. The lowest BCUT2D eigenvalue weighted by molar-refractivity contribution is 0.0696. The molecular weight excluding hydrogens is 296 g/mol. The summed E-state index contributed by atoms with van der Waals surface area (Å²) in [5.74, 6) is -1.18. The van der Waals surface area contributed by atoms with Crippen molar-refractivity contribution in [2.24, 2.45) is 0 Å². The number of carboxylic acid groups (broad SMARTS) is 1. The number of anilines is 1. The molecule has 1 rings (SSSR count). The van der Waals surface area contributed by atoms with Crippen molar-refractivity contribution in [3.05, 3.63) is 23.8 Å². The van der Waals surface area contributed by atoms with Gasteiger partial charge in [0.15, 0.2) is 0 Å². The number of hydrogen-bond donors (Lipinski definition) is 3. The Balaban J connectivity index is 2.90. The molecule has 3 N–H and O–H groups in total. The van der Waals surface area contributed by atoms with Crippen LogP contribution in [0.4, 0.5) is 5.69 Å². The minimum Gasteiger partial charge on any atom is -0.478 e. The maximum atomic E-state index is 12.2. The van der Waals surface area contributed by atoms with E-state index in [2.05, 4.69) is 10.0 Å². The van der Waals surface area contributed by atoms with E-state index in [1.807, 2.05) is 6.92 Å². The number of rotatable bonds is 9. The van der Waals surface area contributed by atoms with Gasteiger partial charge < -0.3 is 15.2 Å². The van der Waals surface area contributed by atoms with Crippen LogP contribution in [-0.4, -0.2) is 46.3 Å². The van der Waals surface area contributed by atoms with E-state index < -0.39 is 16.0 Å². The second kappa shape index (κ2) is 7.96. The largest absolute Gasteiger partial charge is 0.478 e. The normalized spacial score (nSPS) is 11.3. The molecule has 0 aromatic heterocycles. The summed E-state index contributed by atoms with van der Waals surface area (Å²) in [5, 5.41) is 11.7. The first kappa shape index (κ1) is 17.4. The predicted molar refractivity (Wildman–Crippen MR) is 79.2 cm³/mol. The molecule has 1 aromatic carbocycles. The van der Waals surface area contributed by atoms with E-state index in [1.165, 1.54) is 12.1 Å². The maximum Gasteiger partial charge on any atom is 0.335 e. The molecule has 0 radical (unpaired) electrons. The van der Waals surface area contributed by atoms with Crippen LogP contribution in [0.1, 0.15) is 23.7 Å². The number of carbonyl (C=O) groups is 1. The van der Waals surface area contributed by atoms with E-state index in [0.717, 1.165) is 6.07 Å². The van der Waals surface area contributed by atoms with Crippen molar-refractivity contribution in [3.8, 4) is 0 Å². The van der Waals surface area contributed by atoms with Gasteiger partial charge in [0.05, 0.1) is 11.3 Å². The Morgan fingerprint density at radius 2 is 2.10 bits per heavy atom. The number of ether oxygens (including phenoxy) is 1. The molecule has 0 spiro atoms. The highest BCUT2D eigenvalue weighted by Gasteiger charge is 2.19. The lowest BCUT2D eigenvalue weighted by atomic mass is 10.2.